The van der Waals surface area contributed by atoms with Gasteiger partial charge in [-0.3, -0.25) is 5.41 Å². The van der Waals surface area contributed by atoms with Gasteiger partial charge in [-0.1, -0.05) is 24.3 Å². The van der Waals surface area contributed by atoms with Gasteiger partial charge >= 0.3 is 0 Å². The lowest BCUT2D eigenvalue weighted by Crippen LogP contribution is -2.08. The molecule has 3 N–H and O–H groups in total. The maximum absolute atomic E-state index is 7.11. The van der Waals surface area contributed by atoms with Crippen molar-refractivity contribution in [2.45, 2.75) is 31.9 Å². The molecule has 0 fully saturated rings. The topological polar surface area (TPSA) is 49.9 Å². The van der Waals surface area contributed by atoms with Crippen LogP contribution in [-0.2, 0) is 5.75 Å². The Kier molecular flexibility index (Phi) is 6.01. The Hall–Kier alpha value is -0.960. The van der Waals surface area contributed by atoms with E-state index in [1.54, 1.807) is 0 Å². The second-order valence-electron chi connectivity index (χ2n) is 3.96. The zero-order valence-electron chi connectivity index (χ0n) is 9.83. The number of benzene rings is 1. The number of rotatable bonds is 7. The minimum atomic E-state index is 0.309. The van der Waals surface area contributed by atoms with E-state index in [2.05, 4.69) is 31.2 Å². The number of unbranched alkanes of at least 4 members (excludes halogenated alkanes) is 1. The van der Waals surface area contributed by atoms with Crippen molar-refractivity contribution >= 4 is 17.6 Å². The molecule has 3 heteroatoms. The molecule has 0 saturated carbocycles. The Balaban J connectivity index is 2.12. The van der Waals surface area contributed by atoms with Crippen molar-refractivity contribution in [3.8, 4) is 0 Å². The van der Waals surface area contributed by atoms with Gasteiger partial charge in [-0.2, -0.15) is 11.8 Å². The molecule has 0 heterocycles. The van der Waals surface area contributed by atoms with Crippen molar-refractivity contribution in [2.24, 2.45) is 5.73 Å². The van der Waals surface area contributed by atoms with Gasteiger partial charge in [0.1, 0.15) is 0 Å². The third-order valence-electron chi connectivity index (χ3n) is 2.50. The molecule has 2 nitrogen and oxygen atoms in total. The lowest BCUT2D eigenvalue weighted by molar-refractivity contribution is 0.836. The number of nitrogens with one attached hydrogen (secondary N) is 1. The predicted octanol–water partition coefficient (Wildman–Crippen LogP) is 3.33. The number of aryl methyl sites for hydroxylation is 1. The Bertz CT molecular complexity index is 336. The summed E-state index contributed by atoms with van der Waals surface area (Å²) in [6.07, 6.45) is 2.93. The van der Waals surface area contributed by atoms with E-state index in [9.17, 15) is 0 Å². The molecule has 1 rings (SSSR count). The molecule has 0 atom stereocenters. The van der Waals surface area contributed by atoms with Crippen LogP contribution in [0.1, 0.15) is 30.4 Å². The van der Waals surface area contributed by atoms with Gasteiger partial charge in [0.2, 0.25) is 0 Å². The van der Waals surface area contributed by atoms with Crippen LogP contribution in [0, 0.1) is 12.3 Å². The highest BCUT2D eigenvalue weighted by atomic mass is 32.2. The molecule has 0 saturated heterocycles. The van der Waals surface area contributed by atoms with Crippen LogP contribution in [0.2, 0.25) is 0 Å². The fourth-order valence-electron chi connectivity index (χ4n) is 1.47. The van der Waals surface area contributed by atoms with Gasteiger partial charge in [0.15, 0.2) is 0 Å². The van der Waals surface area contributed by atoms with Crippen molar-refractivity contribution in [2.75, 3.05) is 5.75 Å². The minimum Gasteiger partial charge on any atom is -0.388 e. The summed E-state index contributed by atoms with van der Waals surface area (Å²) in [5, 5.41) is 7.11. The summed E-state index contributed by atoms with van der Waals surface area (Å²) >= 11 is 1.96. The second-order valence-corrected chi connectivity index (χ2v) is 5.07. The summed E-state index contributed by atoms with van der Waals surface area (Å²) in [7, 11) is 0. The summed E-state index contributed by atoms with van der Waals surface area (Å²) in [5.41, 5.74) is 8.10. The molecule has 0 spiro atoms. The quantitative estimate of drug-likeness (QED) is 0.433. The summed E-state index contributed by atoms with van der Waals surface area (Å²) in [6, 6.07) is 8.53. The normalized spacial score (nSPS) is 10.3. The molecule has 1 aromatic carbocycles. The molecule has 16 heavy (non-hydrogen) atoms. The molecule has 0 unspecified atom stereocenters. The van der Waals surface area contributed by atoms with Gasteiger partial charge in [0.25, 0.3) is 0 Å². The predicted molar refractivity (Wildman–Crippen MR) is 73.1 cm³/mol. The fourth-order valence-corrected chi connectivity index (χ4v) is 2.57. The lowest BCUT2D eigenvalue weighted by atomic mass is 10.1. The van der Waals surface area contributed by atoms with E-state index in [0.717, 1.165) is 30.8 Å². The van der Waals surface area contributed by atoms with Gasteiger partial charge in [0.05, 0.1) is 5.84 Å². The Morgan fingerprint density at radius 1 is 1.31 bits per heavy atom. The van der Waals surface area contributed by atoms with Crippen LogP contribution in [0.4, 0.5) is 0 Å². The molecular weight excluding hydrogens is 216 g/mol. The van der Waals surface area contributed by atoms with Crippen LogP contribution in [-0.4, -0.2) is 11.6 Å². The van der Waals surface area contributed by atoms with Crippen molar-refractivity contribution in [1.29, 1.82) is 5.41 Å². The molecule has 0 aromatic heterocycles. The fraction of sp³-hybridized carbons (Fsp3) is 0.462. The molecule has 0 amide bonds. The molecule has 0 aliphatic carbocycles. The third kappa shape index (κ3) is 5.21. The van der Waals surface area contributed by atoms with E-state index in [0.29, 0.717) is 5.84 Å². The van der Waals surface area contributed by atoms with Crippen LogP contribution in [0.5, 0.6) is 0 Å². The van der Waals surface area contributed by atoms with Crippen molar-refractivity contribution in [3.05, 3.63) is 35.4 Å². The molecule has 0 aliphatic heterocycles. The maximum Gasteiger partial charge on any atom is 0.0905 e. The molecule has 88 valence electrons. The summed E-state index contributed by atoms with van der Waals surface area (Å²) in [6.45, 7) is 2.16. The van der Waals surface area contributed by atoms with Gasteiger partial charge in [-0.05, 0) is 36.6 Å². The first-order valence-electron chi connectivity index (χ1n) is 5.65. The summed E-state index contributed by atoms with van der Waals surface area (Å²) < 4.78 is 0. The first kappa shape index (κ1) is 13.1. The van der Waals surface area contributed by atoms with Crippen LogP contribution >= 0.6 is 11.8 Å². The molecule has 1 aromatic rings. The maximum atomic E-state index is 7.11. The highest BCUT2D eigenvalue weighted by Crippen LogP contribution is 2.17. The summed E-state index contributed by atoms with van der Waals surface area (Å²) in [4.78, 5) is 0. The Labute approximate surface area is 102 Å². The number of amidine groups is 1. The number of hydrogen-bond acceptors (Lipinski definition) is 2. The van der Waals surface area contributed by atoms with Gasteiger partial charge in [-0.15, -0.1) is 0 Å². The minimum absolute atomic E-state index is 0.309. The number of thioether (sulfide) groups is 1. The van der Waals surface area contributed by atoms with E-state index in [1.807, 2.05) is 11.8 Å². The molecular formula is C13H20N2S. The van der Waals surface area contributed by atoms with Gasteiger partial charge < -0.3 is 5.73 Å². The van der Waals surface area contributed by atoms with Gasteiger partial charge in [0, 0.05) is 12.2 Å². The molecule has 0 radical (unpaired) electrons. The second kappa shape index (κ2) is 7.34. The first-order chi connectivity index (χ1) is 7.70. The SMILES string of the molecule is Cc1ccccc1CSCCCCC(=N)N. The Morgan fingerprint density at radius 3 is 2.75 bits per heavy atom. The third-order valence-corrected chi connectivity index (χ3v) is 3.60. The van der Waals surface area contributed by atoms with Crippen LogP contribution in [0.15, 0.2) is 24.3 Å². The van der Waals surface area contributed by atoms with Crippen LogP contribution in [0.3, 0.4) is 0 Å². The lowest BCUT2D eigenvalue weighted by Gasteiger charge is -2.05. The van der Waals surface area contributed by atoms with E-state index >= 15 is 0 Å². The van der Waals surface area contributed by atoms with E-state index in [4.69, 9.17) is 11.1 Å². The van der Waals surface area contributed by atoms with Gasteiger partial charge in [-0.25, -0.2) is 0 Å². The zero-order chi connectivity index (χ0) is 11.8. The largest absolute Gasteiger partial charge is 0.388 e. The monoisotopic (exact) mass is 236 g/mol. The van der Waals surface area contributed by atoms with E-state index in [-0.39, 0.29) is 0 Å². The van der Waals surface area contributed by atoms with E-state index in [1.165, 1.54) is 11.1 Å². The Morgan fingerprint density at radius 2 is 2.06 bits per heavy atom. The highest BCUT2D eigenvalue weighted by Gasteiger charge is 1.97. The highest BCUT2D eigenvalue weighted by molar-refractivity contribution is 7.98. The zero-order valence-corrected chi connectivity index (χ0v) is 10.6. The van der Waals surface area contributed by atoms with Crippen molar-refractivity contribution in [1.82, 2.24) is 0 Å². The van der Waals surface area contributed by atoms with E-state index < -0.39 is 0 Å². The van der Waals surface area contributed by atoms with Crippen molar-refractivity contribution < 1.29 is 0 Å². The molecule has 0 bridgehead atoms. The first-order valence-corrected chi connectivity index (χ1v) is 6.81. The van der Waals surface area contributed by atoms with Crippen molar-refractivity contribution in [3.63, 3.8) is 0 Å². The molecule has 0 aliphatic rings. The van der Waals surface area contributed by atoms with Crippen LogP contribution < -0.4 is 5.73 Å². The summed E-state index contributed by atoms with van der Waals surface area (Å²) in [5.74, 6) is 2.55. The number of nitrogens with two attached hydrogens (primary N) is 1. The average molecular weight is 236 g/mol. The van der Waals surface area contributed by atoms with Crippen LogP contribution in [0.25, 0.3) is 0 Å². The standard InChI is InChI=1S/C13H20N2S/c1-11-6-2-3-7-12(11)10-16-9-5-4-8-13(14)15/h2-3,6-7H,4-5,8-10H2,1H3,(H3,14,15). The average Bonchev–Trinajstić information content (AvgIpc) is 2.25. The smallest absolute Gasteiger partial charge is 0.0905 e. The number of hydrogen-bond donors (Lipinski definition) is 2.